The predicted octanol–water partition coefficient (Wildman–Crippen LogP) is 3.91. The van der Waals surface area contributed by atoms with Gasteiger partial charge < -0.3 is 20.1 Å². The number of rotatable bonds is 5. The molecule has 2 aliphatic rings. The lowest BCUT2D eigenvalue weighted by Crippen LogP contribution is -2.60. The highest BCUT2D eigenvalue weighted by molar-refractivity contribution is 7.80. The molecule has 1 aliphatic heterocycles. The number of benzene rings is 1. The molecule has 1 saturated heterocycles. The molecule has 1 heterocycles. The van der Waals surface area contributed by atoms with E-state index in [1.165, 1.54) is 43.5 Å². The van der Waals surface area contributed by atoms with Crippen LogP contribution in [-0.4, -0.2) is 54.8 Å². The van der Waals surface area contributed by atoms with Gasteiger partial charge in [-0.25, -0.2) is 0 Å². The third-order valence-electron chi connectivity index (χ3n) is 5.39. The first kappa shape index (κ1) is 21.1. The van der Waals surface area contributed by atoms with E-state index in [1.54, 1.807) is 0 Å². The van der Waals surface area contributed by atoms with E-state index in [0.717, 1.165) is 45.7 Å². The number of anilines is 1. The second-order valence-electron chi connectivity index (χ2n) is 7.26. The number of nitrogens with one attached hydrogen (secondary N) is 2. The fourth-order valence-corrected chi connectivity index (χ4v) is 4.20. The molecular formula is C19H26F3N3O2S. The maximum absolute atomic E-state index is 12.2. The zero-order valence-corrected chi connectivity index (χ0v) is 16.5. The van der Waals surface area contributed by atoms with Gasteiger partial charge in [-0.1, -0.05) is 19.3 Å². The van der Waals surface area contributed by atoms with E-state index in [4.69, 9.17) is 17.0 Å². The van der Waals surface area contributed by atoms with E-state index in [9.17, 15) is 13.2 Å². The number of halogens is 3. The number of hydrogen-bond acceptors (Lipinski definition) is 4. The van der Waals surface area contributed by atoms with Crippen LogP contribution in [-0.2, 0) is 4.74 Å². The van der Waals surface area contributed by atoms with Crippen molar-refractivity contribution in [3.63, 3.8) is 0 Å². The number of hydrogen-bond donors (Lipinski definition) is 2. The lowest BCUT2D eigenvalue weighted by Gasteiger charge is -2.48. The van der Waals surface area contributed by atoms with Crippen LogP contribution in [0.5, 0.6) is 5.75 Å². The summed E-state index contributed by atoms with van der Waals surface area (Å²) in [6, 6.07) is 5.53. The Morgan fingerprint density at radius 1 is 1.11 bits per heavy atom. The Morgan fingerprint density at radius 2 is 1.75 bits per heavy atom. The minimum atomic E-state index is -4.69. The number of nitrogens with zero attached hydrogens (tertiary/aromatic N) is 1. The second kappa shape index (κ2) is 9.28. The maximum Gasteiger partial charge on any atom is 0.573 e. The quantitative estimate of drug-likeness (QED) is 0.709. The summed E-state index contributed by atoms with van der Waals surface area (Å²) < 4.78 is 46.1. The van der Waals surface area contributed by atoms with Crippen molar-refractivity contribution in [1.29, 1.82) is 0 Å². The number of alkyl halides is 3. The van der Waals surface area contributed by atoms with Crippen LogP contribution in [0, 0.1) is 0 Å². The molecule has 1 aromatic rings. The number of thiocarbonyl (C=S) groups is 1. The summed E-state index contributed by atoms with van der Waals surface area (Å²) in [4.78, 5) is 2.52. The molecule has 2 N–H and O–H groups in total. The molecule has 28 heavy (non-hydrogen) atoms. The SMILES string of the molecule is FC(F)(F)Oc1ccc(NC(=S)NCC2(N3CCOCC3)CCCCC2)cc1. The van der Waals surface area contributed by atoms with Gasteiger partial charge in [0.1, 0.15) is 5.75 Å². The van der Waals surface area contributed by atoms with Gasteiger partial charge in [-0.15, -0.1) is 13.2 Å². The third kappa shape index (κ3) is 5.96. The van der Waals surface area contributed by atoms with Crippen molar-refractivity contribution < 1.29 is 22.6 Å². The summed E-state index contributed by atoms with van der Waals surface area (Å²) in [6.07, 6.45) is 1.25. The molecule has 2 fully saturated rings. The molecule has 0 atom stereocenters. The van der Waals surface area contributed by atoms with E-state index >= 15 is 0 Å². The van der Waals surface area contributed by atoms with Crippen LogP contribution in [0.25, 0.3) is 0 Å². The van der Waals surface area contributed by atoms with Gasteiger partial charge in [0.15, 0.2) is 5.11 Å². The first-order valence-corrected chi connectivity index (χ1v) is 10.0. The average Bonchev–Trinajstić information content (AvgIpc) is 2.68. The molecule has 5 nitrogen and oxygen atoms in total. The van der Waals surface area contributed by atoms with Gasteiger partial charge in [0.2, 0.25) is 0 Å². The number of ether oxygens (including phenoxy) is 2. The molecule has 0 spiro atoms. The minimum Gasteiger partial charge on any atom is -0.406 e. The van der Waals surface area contributed by atoms with E-state index in [-0.39, 0.29) is 11.3 Å². The van der Waals surface area contributed by atoms with Gasteiger partial charge >= 0.3 is 6.36 Å². The Balaban J connectivity index is 1.54. The van der Waals surface area contributed by atoms with Crippen molar-refractivity contribution in [3.8, 4) is 5.75 Å². The van der Waals surface area contributed by atoms with Crippen molar-refractivity contribution in [2.45, 2.75) is 44.0 Å². The summed E-state index contributed by atoms with van der Waals surface area (Å²) in [7, 11) is 0. The van der Waals surface area contributed by atoms with E-state index in [1.807, 2.05) is 0 Å². The lowest BCUT2D eigenvalue weighted by atomic mass is 9.80. The van der Waals surface area contributed by atoms with Crippen LogP contribution in [0.15, 0.2) is 24.3 Å². The van der Waals surface area contributed by atoms with Gasteiger partial charge in [0.05, 0.1) is 13.2 Å². The fourth-order valence-electron chi connectivity index (χ4n) is 4.01. The highest BCUT2D eigenvalue weighted by atomic mass is 32.1. The number of morpholine rings is 1. The standard InChI is InChI=1S/C19H26F3N3O2S/c20-19(21,22)27-16-6-4-15(5-7-16)24-17(28)23-14-18(8-2-1-3-9-18)25-10-12-26-13-11-25/h4-7H,1-3,8-14H2,(H2,23,24,28). The summed E-state index contributed by atoms with van der Waals surface area (Å²) in [5.74, 6) is -0.259. The van der Waals surface area contributed by atoms with Crippen LogP contribution in [0.3, 0.4) is 0 Å². The van der Waals surface area contributed by atoms with Crippen molar-refractivity contribution in [1.82, 2.24) is 10.2 Å². The molecule has 0 bridgehead atoms. The Kier molecular flexibility index (Phi) is 7.00. The van der Waals surface area contributed by atoms with Crippen LogP contribution in [0.4, 0.5) is 18.9 Å². The Labute approximate surface area is 168 Å². The Hall–Kier alpha value is -1.58. The zero-order chi connectivity index (χ0) is 20.0. The van der Waals surface area contributed by atoms with Crippen molar-refractivity contribution in [2.75, 3.05) is 38.2 Å². The topological polar surface area (TPSA) is 45.8 Å². The molecule has 1 saturated carbocycles. The molecule has 0 amide bonds. The van der Waals surface area contributed by atoms with Crippen molar-refractivity contribution in [2.24, 2.45) is 0 Å². The van der Waals surface area contributed by atoms with Crippen LogP contribution < -0.4 is 15.4 Å². The van der Waals surface area contributed by atoms with E-state index < -0.39 is 6.36 Å². The van der Waals surface area contributed by atoms with Gasteiger partial charge in [-0.2, -0.15) is 0 Å². The highest BCUT2D eigenvalue weighted by Gasteiger charge is 2.38. The largest absolute Gasteiger partial charge is 0.573 e. The molecule has 1 aliphatic carbocycles. The summed E-state index contributed by atoms with van der Waals surface area (Å²) in [5, 5.41) is 6.81. The first-order chi connectivity index (χ1) is 13.4. The maximum atomic E-state index is 12.2. The predicted molar refractivity (Wildman–Crippen MR) is 106 cm³/mol. The third-order valence-corrected chi connectivity index (χ3v) is 5.64. The van der Waals surface area contributed by atoms with Crippen molar-refractivity contribution in [3.05, 3.63) is 24.3 Å². The van der Waals surface area contributed by atoms with E-state index in [2.05, 4.69) is 20.3 Å². The molecule has 156 valence electrons. The molecule has 1 aromatic carbocycles. The molecule has 0 radical (unpaired) electrons. The van der Waals surface area contributed by atoms with E-state index in [0.29, 0.717) is 10.8 Å². The first-order valence-electron chi connectivity index (χ1n) is 9.60. The van der Waals surface area contributed by atoms with Crippen LogP contribution in [0.2, 0.25) is 0 Å². The zero-order valence-electron chi connectivity index (χ0n) is 15.7. The average molecular weight is 417 g/mol. The summed E-state index contributed by atoms with van der Waals surface area (Å²) in [6.45, 7) is 4.13. The lowest BCUT2D eigenvalue weighted by molar-refractivity contribution is -0.274. The molecular weight excluding hydrogens is 391 g/mol. The smallest absolute Gasteiger partial charge is 0.406 e. The fraction of sp³-hybridized carbons (Fsp3) is 0.632. The second-order valence-corrected chi connectivity index (χ2v) is 7.67. The highest BCUT2D eigenvalue weighted by Crippen LogP contribution is 2.34. The van der Waals surface area contributed by atoms with Gasteiger partial charge in [0.25, 0.3) is 0 Å². The normalized spacial score (nSPS) is 20.4. The molecule has 3 rings (SSSR count). The summed E-state index contributed by atoms with van der Waals surface area (Å²) in [5.41, 5.74) is 0.689. The van der Waals surface area contributed by atoms with Crippen LogP contribution in [0.1, 0.15) is 32.1 Å². The van der Waals surface area contributed by atoms with Crippen molar-refractivity contribution >= 4 is 23.0 Å². The Bertz CT molecular complexity index is 643. The minimum absolute atomic E-state index is 0.0815. The summed E-state index contributed by atoms with van der Waals surface area (Å²) >= 11 is 5.40. The van der Waals surface area contributed by atoms with Gasteiger partial charge in [-0.05, 0) is 49.3 Å². The molecule has 9 heteroatoms. The van der Waals surface area contributed by atoms with Gasteiger partial charge in [-0.3, -0.25) is 4.90 Å². The molecule has 0 unspecified atom stereocenters. The van der Waals surface area contributed by atoms with Gasteiger partial charge in [0, 0.05) is 30.9 Å². The molecule has 0 aromatic heterocycles. The Morgan fingerprint density at radius 3 is 2.36 bits per heavy atom. The monoisotopic (exact) mass is 417 g/mol. The van der Waals surface area contributed by atoms with Crippen LogP contribution >= 0.6 is 12.2 Å².